The lowest BCUT2D eigenvalue weighted by Gasteiger charge is -2.11. The summed E-state index contributed by atoms with van der Waals surface area (Å²) in [6.07, 6.45) is 3.03. The number of amides is 1. The van der Waals surface area contributed by atoms with Gasteiger partial charge in [0, 0.05) is 31.4 Å². The maximum atomic E-state index is 12.0. The van der Waals surface area contributed by atoms with Gasteiger partial charge in [-0.25, -0.2) is 4.98 Å². The first kappa shape index (κ1) is 17.0. The van der Waals surface area contributed by atoms with Gasteiger partial charge in [0.1, 0.15) is 5.82 Å². The zero-order valence-corrected chi connectivity index (χ0v) is 14.5. The molecule has 0 atom stereocenters. The molecular weight excluding hydrogens is 310 g/mol. The van der Waals surface area contributed by atoms with Gasteiger partial charge in [0.05, 0.1) is 6.42 Å². The second kappa shape index (κ2) is 8.29. The summed E-state index contributed by atoms with van der Waals surface area (Å²) in [5.41, 5.74) is 3.41. The smallest absolute Gasteiger partial charge is 0.224 e. The van der Waals surface area contributed by atoms with Crippen molar-refractivity contribution in [3.63, 3.8) is 0 Å². The van der Waals surface area contributed by atoms with Crippen LogP contribution in [0.3, 0.4) is 0 Å². The first-order valence-corrected chi connectivity index (χ1v) is 8.58. The van der Waals surface area contributed by atoms with Crippen molar-refractivity contribution in [1.29, 1.82) is 0 Å². The van der Waals surface area contributed by atoms with Gasteiger partial charge in [-0.05, 0) is 18.1 Å². The molecule has 0 unspecified atom stereocenters. The second-order valence-corrected chi connectivity index (χ2v) is 6.15. The lowest BCUT2D eigenvalue weighted by Crippen LogP contribution is -2.28. The van der Waals surface area contributed by atoms with E-state index in [2.05, 4.69) is 33.9 Å². The van der Waals surface area contributed by atoms with E-state index in [-0.39, 0.29) is 5.91 Å². The van der Waals surface area contributed by atoms with E-state index >= 15 is 0 Å². The molecule has 25 heavy (non-hydrogen) atoms. The molecule has 0 aliphatic carbocycles. The van der Waals surface area contributed by atoms with E-state index in [0.29, 0.717) is 13.0 Å². The van der Waals surface area contributed by atoms with Crippen molar-refractivity contribution in [3.05, 3.63) is 89.5 Å². The lowest BCUT2D eigenvalue weighted by atomic mass is 10.1. The highest BCUT2D eigenvalue weighted by molar-refractivity contribution is 5.78. The third-order valence-corrected chi connectivity index (χ3v) is 4.20. The van der Waals surface area contributed by atoms with E-state index in [1.165, 1.54) is 5.56 Å². The minimum atomic E-state index is 0.0455. The Morgan fingerprint density at radius 1 is 1.00 bits per heavy atom. The van der Waals surface area contributed by atoms with Crippen molar-refractivity contribution in [2.24, 2.45) is 0 Å². The van der Waals surface area contributed by atoms with Crippen molar-refractivity contribution in [3.8, 4) is 0 Å². The topological polar surface area (TPSA) is 46.9 Å². The van der Waals surface area contributed by atoms with Crippen LogP contribution < -0.4 is 5.32 Å². The average molecular weight is 333 g/mol. The van der Waals surface area contributed by atoms with E-state index in [1.807, 2.05) is 54.7 Å². The van der Waals surface area contributed by atoms with E-state index in [4.69, 9.17) is 0 Å². The predicted molar refractivity (Wildman–Crippen MR) is 99.4 cm³/mol. The molecule has 0 saturated carbocycles. The molecule has 2 aromatic carbocycles. The second-order valence-electron chi connectivity index (χ2n) is 6.15. The van der Waals surface area contributed by atoms with Gasteiger partial charge in [-0.1, -0.05) is 60.7 Å². The van der Waals surface area contributed by atoms with Crippen LogP contribution in [0.1, 0.15) is 22.6 Å². The Kier molecular flexibility index (Phi) is 5.62. The summed E-state index contributed by atoms with van der Waals surface area (Å²) in [7, 11) is 0. The number of aromatic nitrogens is 2. The Labute approximate surface area is 148 Å². The molecule has 1 N–H and O–H groups in total. The van der Waals surface area contributed by atoms with Gasteiger partial charge in [-0.2, -0.15) is 0 Å². The largest absolute Gasteiger partial charge is 0.355 e. The van der Waals surface area contributed by atoms with E-state index in [9.17, 15) is 4.79 Å². The highest BCUT2D eigenvalue weighted by atomic mass is 16.1. The monoisotopic (exact) mass is 333 g/mol. The van der Waals surface area contributed by atoms with Crippen molar-refractivity contribution in [1.82, 2.24) is 14.9 Å². The quantitative estimate of drug-likeness (QED) is 0.722. The number of carbonyl (C=O) groups is 1. The predicted octanol–water partition coefficient (Wildman–Crippen LogP) is 3.14. The molecular formula is C21H23N3O. The lowest BCUT2D eigenvalue weighted by molar-refractivity contribution is -0.120. The Hall–Kier alpha value is -2.88. The summed E-state index contributed by atoms with van der Waals surface area (Å²) < 4.78 is 2.21. The van der Waals surface area contributed by atoms with Crippen LogP contribution in [0.2, 0.25) is 0 Å². The van der Waals surface area contributed by atoms with Gasteiger partial charge in [-0.15, -0.1) is 0 Å². The zero-order valence-electron chi connectivity index (χ0n) is 14.5. The van der Waals surface area contributed by atoms with Gasteiger partial charge >= 0.3 is 0 Å². The van der Waals surface area contributed by atoms with Crippen molar-refractivity contribution >= 4 is 5.91 Å². The van der Waals surface area contributed by atoms with Crippen molar-refractivity contribution in [2.75, 3.05) is 6.54 Å². The normalized spacial score (nSPS) is 10.6. The van der Waals surface area contributed by atoms with Crippen LogP contribution in [0.4, 0.5) is 0 Å². The Balaban J connectivity index is 1.54. The molecule has 128 valence electrons. The standard InChI is InChI=1S/C21H23N3O/c1-17-15-23-20(24(17)16-19-10-6-3-7-11-19)12-13-22-21(25)14-18-8-4-2-5-9-18/h2-11,15H,12-14,16H2,1H3,(H,22,25). The molecule has 0 spiro atoms. The van der Waals surface area contributed by atoms with E-state index < -0.39 is 0 Å². The summed E-state index contributed by atoms with van der Waals surface area (Å²) in [6.45, 7) is 3.46. The molecule has 0 radical (unpaired) electrons. The van der Waals surface area contributed by atoms with Crippen LogP contribution in [0.25, 0.3) is 0 Å². The van der Waals surface area contributed by atoms with Crippen LogP contribution in [-0.4, -0.2) is 22.0 Å². The molecule has 1 amide bonds. The van der Waals surface area contributed by atoms with Crippen LogP contribution in [0.15, 0.2) is 66.9 Å². The minimum absolute atomic E-state index is 0.0455. The number of benzene rings is 2. The summed E-state index contributed by atoms with van der Waals surface area (Å²) in [6, 6.07) is 20.1. The summed E-state index contributed by atoms with van der Waals surface area (Å²) in [4.78, 5) is 16.5. The molecule has 0 fully saturated rings. The fourth-order valence-electron chi connectivity index (χ4n) is 2.85. The van der Waals surface area contributed by atoms with Gasteiger partial charge in [-0.3, -0.25) is 4.79 Å². The number of nitrogens with one attached hydrogen (secondary N) is 1. The Morgan fingerprint density at radius 3 is 2.32 bits per heavy atom. The Morgan fingerprint density at radius 2 is 1.64 bits per heavy atom. The van der Waals surface area contributed by atoms with Gasteiger partial charge in [0.25, 0.3) is 0 Å². The van der Waals surface area contributed by atoms with Crippen LogP contribution in [0.5, 0.6) is 0 Å². The number of nitrogens with zero attached hydrogens (tertiary/aromatic N) is 2. The molecule has 3 rings (SSSR count). The number of hydrogen-bond donors (Lipinski definition) is 1. The summed E-state index contributed by atoms with van der Waals surface area (Å²) in [5, 5.41) is 2.99. The van der Waals surface area contributed by atoms with Gasteiger partial charge < -0.3 is 9.88 Å². The fourth-order valence-corrected chi connectivity index (χ4v) is 2.85. The number of hydrogen-bond acceptors (Lipinski definition) is 2. The highest BCUT2D eigenvalue weighted by Crippen LogP contribution is 2.10. The number of carbonyl (C=O) groups excluding carboxylic acids is 1. The SMILES string of the molecule is Cc1cnc(CCNC(=O)Cc2ccccc2)n1Cc1ccccc1. The van der Waals surface area contributed by atoms with E-state index in [1.54, 1.807) is 0 Å². The van der Waals surface area contributed by atoms with Crippen LogP contribution in [0, 0.1) is 6.92 Å². The molecule has 3 aromatic rings. The number of rotatable bonds is 7. The molecule has 0 aliphatic rings. The van der Waals surface area contributed by atoms with Crippen molar-refractivity contribution in [2.45, 2.75) is 26.3 Å². The number of imidazole rings is 1. The van der Waals surface area contributed by atoms with Crippen LogP contribution >= 0.6 is 0 Å². The summed E-state index contributed by atoms with van der Waals surface area (Å²) in [5.74, 6) is 1.05. The molecule has 4 heteroatoms. The first-order chi connectivity index (χ1) is 12.2. The van der Waals surface area contributed by atoms with Crippen LogP contribution in [-0.2, 0) is 24.2 Å². The van der Waals surface area contributed by atoms with Gasteiger partial charge in [0.15, 0.2) is 0 Å². The molecule has 0 bridgehead atoms. The highest BCUT2D eigenvalue weighted by Gasteiger charge is 2.09. The van der Waals surface area contributed by atoms with Crippen molar-refractivity contribution < 1.29 is 4.79 Å². The maximum absolute atomic E-state index is 12.0. The molecule has 4 nitrogen and oxygen atoms in total. The summed E-state index contributed by atoms with van der Waals surface area (Å²) >= 11 is 0. The first-order valence-electron chi connectivity index (χ1n) is 8.58. The van der Waals surface area contributed by atoms with Gasteiger partial charge in [0.2, 0.25) is 5.91 Å². The third-order valence-electron chi connectivity index (χ3n) is 4.20. The van der Waals surface area contributed by atoms with E-state index in [0.717, 1.165) is 30.0 Å². The number of aryl methyl sites for hydroxylation is 1. The average Bonchev–Trinajstić information content (AvgIpc) is 2.97. The molecule has 1 aromatic heterocycles. The molecule has 0 saturated heterocycles. The maximum Gasteiger partial charge on any atom is 0.224 e. The Bertz CT molecular complexity index is 810. The molecule has 0 aliphatic heterocycles. The minimum Gasteiger partial charge on any atom is -0.355 e. The fraction of sp³-hybridized carbons (Fsp3) is 0.238. The molecule has 1 heterocycles. The third kappa shape index (κ3) is 4.80. The zero-order chi connectivity index (χ0) is 17.5.